The van der Waals surface area contributed by atoms with E-state index in [0.717, 1.165) is 0 Å². The molecular weight excluding hydrogens is 253 g/mol. The van der Waals surface area contributed by atoms with E-state index < -0.39 is 18.6 Å². The van der Waals surface area contributed by atoms with Crippen LogP contribution in [0.5, 0.6) is 0 Å². The second-order valence-corrected chi connectivity index (χ2v) is 3.35. The molecule has 0 radical (unpaired) electrons. The lowest BCUT2D eigenvalue weighted by molar-refractivity contribution is -0.123. The number of alkyl halides is 3. The smallest absolute Gasteiger partial charge is 0.405 e. The summed E-state index contributed by atoms with van der Waals surface area (Å²) in [6, 6.07) is 4.36. The lowest BCUT2D eigenvalue weighted by Gasteiger charge is -2.05. The van der Waals surface area contributed by atoms with Gasteiger partial charge in [0.2, 0.25) is 5.76 Å². The molecule has 0 aliphatic carbocycles. The number of carbonyl (C=O) groups excluding carboxylic acids is 1. The molecule has 2 aromatic heterocycles. The van der Waals surface area contributed by atoms with Crippen molar-refractivity contribution in [2.24, 2.45) is 0 Å². The van der Waals surface area contributed by atoms with Crippen molar-refractivity contribution in [2.45, 2.75) is 6.18 Å². The number of furan rings is 1. The first-order valence-electron chi connectivity index (χ1n) is 4.81. The van der Waals surface area contributed by atoms with Crippen molar-refractivity contribution in [3.8, 4) is 11.5 Å². The lowest BCUT2D eigenvalue weighted by atomic mass is 10.3. The molecule has 0 aliphatic heterocycles. The van der Waals surface area contributed by atoms with Crippen LogP contribution in [0.4, 0.5) is 13.2 Å². The van der Waals surface area contributed by atoms with Crippen molar-refractivity contribution < 1.29 is 26.9 Å². The Bertz CT molecular complexity index is 531. The average molecular weight is 260 g/mol. The zero-order chi connectivity index (χ0) is 13.2. The van der Waals surface area contributed by atoms with E-state index >= 15 is 0 Å². The van der Waals surface area contributed by atoms with Gasteiger partial charge < -0.3 is 14.3 Å². The van der Waals surface area contributed by atoms with Gasteiger partial charge in [0.1, 0.15) is 6.54 Å². The van der Waals surface area contributed by atoms with Gasteiger partial charge in [0, 0.05) is 6.07 Å². The zero-order valence-corrected chi connectivity index (χ0v) is 8.82. The van der Waals surface area contributed by atoms with Crippen LogP contribution in [-0.4, -0.2) is 23.8 Å². The molecule has 0 unspecified atom stereocenters. The fourth-order valence-electron chi connectivity index (χ4n) is 1.19. The Balaban J connectivity index is 2.04. The molecule has 0 spiro atoms. The fraction of sp³-hybridized carbons (Fsp3) is 0.200. The van der Waals surface area contributed by atoms with Crippen molar-refractivity contribution in [3.05, 3.63) is 30.2 Å². The summed E-state index contributed by atoms with van der Waals surface area (Å²) in [6.45, 7) is -1.42. The molecule has 2 aromatic rings. The predicted octanol–water partition coefficient (Wildman–Crippen LogP) is 2.23. The molecule has 0 fully saturated rings. The quantitative estimate of drug-likeness (QED) is 0.918. The molecule has 0 bridgehead atoms. The molecule has 1 N–H and O–H groups in total. The number of hydrogen-bond acceptors (Lipinski definition) is 4. The van der Waals surface area contributed by atoms with Crippen LogP contribution >= 0.6 is 0 Å². The number of amides is 1. The Morgan fingerprint density at radius 2 is 2.17 bits per heavy atom. The Morgan fingerprint density at radius 1 is 1.39 bits per heavy atom. The molecule has 96 valence electrons. The highest BCUT2D eigenvalue weighted by molar-refractivity contribution is 5.92. The summed E-state index contributed by atoms with van der Waals surface area (Å²) < 4.78 is 45.4. The first-order valence-corrected chi connectivity index (χ1v) is 4.81. The van der Waals surface area contributed by atoms with E-state index in [0.29, 0.717) is 5.76 Å². The maximum Gasteiger partial charge on any atom is 0.405 e. The van der Waals surface area contributed by atoms with E-state index in [4.69, 9.17) is 8.94 Å². The maximum absolute atomic E-state index is 11.9. The zero-order valence-electron chi connectivity index (χ0n) is 8.82. The summed E-state index contributed by atoms with van der Waals surface area (Å²) >= 11 is 0. The highest BCUT2D eigenvalue weighted by Crippen LogP contribution is 2.20. The van der Waals surface area contributed by atoms with Gasteiger partial charge in [-0.3, -0.25) is 4.79 Å². The average Bonchev–Trinajstić information content (AvgIpc) is 2.94. The van der Waals surface area contributed by atoms with Gasteiger partial charge in [-0.25, -0.2) is 0 Å². The molecule has 2 heterocycles. The minimum absolute atomic E-state index is 0.164. The van der Waals surface area contributed by atoms with Gasteiger partial charge in [-0.15, -0.1) is 0 Å². The molecule has 8 heteroatoms. The van der Waals surface area contributed by atoms with Gasteiger partial charge >= 0.3 is 6.18 Å². The minimum Gasteiger partial charge on any atom is -0.461 e. The number of nitrogens with zero attached hydrogens (tertiary/aromatic N) is 1. The van der Waals surface area contributed by atoms with Crippen molar-refractivity contribution in [1.82, 2.24) is 10.5 Å². The second-order valence-electron chi connectivity index (χ2n) is 3.35. The van der Waals surface area contributed by atoms with Crippen molar-refractivity contribution in [2.75, 3.05) is 6.54 Å². The van der Waals surface area contributed by atoms with Crippen LogP contribution in [0.15, 0.2) is 33.4 Å². The topological polar surface area (TPSA) is 68.3 Å². The van der Waals surface area contributed by atoms with Crippen LogP contribution in [0.3, 0.4) is 0 Å². The van der Waals surface area contributed by atoms with Gasteiger partial charge in [-0.05, 0) is 12.1 Å². The van der Waals surface area contributed by atoms with Gasteiger partial charge in [0.15, 0.2) is 11.5 Å². The van der Waals surface area contributed by atoms with E-state index in [1.165, 1.54) is 12.3 Å². The van der Waals surface area contributed by atoms with Gasteiger partial charge in [0.25, 0.3) is 5.91 Å². The number of halogens is 3. The van der Waals surface area contributed by atoms with Gasteiger partial charge in [-0.2, -0.15) is 13.2 Å². The summed E-state index contributed by atoms with van der Waals surface area (Å²) in [4.78, 5) is 11.3. The normalized spacial score (nSPS) is 11.5. The summed E-state index contributed by atoms with van der Waals surface area (Å²) in [6.07, 6.45) is -3.08. The third-order valence-electron chi connectivity index (χ3n) is 1.96. The Kier molecular flexibility index (Phi) is 3.09. The van der Waals surface area contributed by atoms with Crippen LogP contribution in [0.2, 0.25) is 0 Å². The Labute approximate surface area is 98.6 Å². The van der Waals surface area contributed by atoms with Crippen molar-refractivity contribution in [1.29, 1.82) is 0 Å². The predicted molar refractivity (Wildman–Crippen MR) is 52.6 cm³/mol. The van der Waals surface area contributed by atoms with Gasteiger partial charge in [-0.1, -0.05) is 5.16 Å². The molecule has 0 aromatic carbocycles. The third kappa shape index (κ3) is 2.90. The fourth-order valence-corrected chi connectivity index (χ4v) is 1.19. The highest BCUT2D eigenvalue weighted by atomic mass is 19.4. The number of nitrogens with one attached hydrogen (secondary N) is 1. The van der Waals surface area contributed by atoms with Crippen LogP contribution in [0.1, 0.15) is 10.5 Å². The summed E-state index contributed by atoms with van der Waals surface area (Å²) in [5.74, 6) is -0.469. The van der Waals surface area contributed by atoms with E-state index in [9.17, 15) is 18.0 Å². The molecule has 0 atom stereocenters. The molecule has 0 aliphatic rings. The lowest BCUT2D eigenvalue weighted by Crippen LogP contribution is -2.33. The number of carbonyl (C=O) groups is 1. The van der Waals surface area contributed by atoms with Crippen molar-refractivity contribution in [3.63, 3.8) is 0 Å². The second kappa shape index (κ2) is 4.55. The molecule has 2 rings (SSSR count). The van der Waals surface area contributed by atoms with Crippen LogP contribution in [0, 0.1) is 0 Å². The molecule has 0 saturated carbocycles. The Morgan fingerprint density at radius 3 is 2.78 bits per heavy atom. The number of hydrogen-bond donors (Lipinski definition) is 1. The van der Waals surface area contributed by atoms with E-state index in [1.807, 2.05) is 0 Å². The van der Waals surface area contributed by atoms with E-state index in [1.54, 1.807) is 17.4 Å². The van der Waals surface area contributed by atoms with E-state index in [2.05, 4.69) is 5.16 Å². The van der Waals surface area contributed by atoms with Crippen molar-refractivity contribution >= 4 is 5.91 Å². The monoisotopic (exact) mass is 260 g/mol. The molecule has 5 nitrogen and oxygen atoms in total. The van der Waals surface area contributed by atoms with Crippen LogP contribution < -0.4 is 5.32 Å². The summed E-state index contributed by atoms with van der Waals surface area (Å²) in [7, 11) is 0. The molecule has 0 saturated heterocycles. The molecular formula is C10H7F3N2O3. The van der Waals surface area contributed by atoms with Gasteiger partial charge in [0.05, 0.1) is 6.26 Å². The number of rotatable bonds is 3. The maximum atomic E-state index is 11.9. The van der Waals surface area contributed by atoms with E-state index in [-0.39, 0.29) is 11.5 Å². The van der Waals surface area contributed by atoms with Crippen LogP contribution in [-0.2, 0) is 0 Å². The molecule has 18 heavy (non-hydrogen) atoms. The molecule has 1 amide bonds. The number of aromatic nitrogens is 1. The summed E-state index contributed by atoms with van der Waals surface area (Å²) in [5.41, 5.74) is -0.245. The van der Waals surface area contributed by atoms with Crippen LogP contribution in [0.25, 0.3) is 11.5 Å². The SMILES string of the molecule is O=C(NCC(F)(F)F)c1cc(-c2ccco2)on1. The highest BCUT2D eigenvalue weighted by Gasteiger charge is 2.28. The minimum atomic E-state index is -4.47. The standard InChI is InChI=1S/C10H7F3N2O3/c11-10(12,13)5-14-9(16)6-4-8(18-15-6)7-2-1-3-17-7/h1-4H,5H2,(H,14,16). The largest absolute Gasteiger partial charge is 0.461 e. The first-order chi connectivity index (χ1) is 8.46. The Hall–Kier alpha value is -2.25. The first kappa shape index (κ1) is 12.2. The summed E-state index contributed by atoms with van der Waals surface area (Å²) in [5, 5.41) is 5.04. The third-order valence-corrected chi connectivity index (χ3v) is 1.96.